The molecule has 2 aromatic heterocycles. The molecular weight excluding hydrogens is 310 g/mol. The highest BCUT2D eigenvalue weighted by Crippen LogP contribution is 2.31. The van der Waals surface area contributed by atoms with Gasteiger partial charge in [0.2, 0.25) is 0 Å². The SMILES string of the molecule is CCCNC(c1cnn(CC)c1)c1ccc(Br)s1. The molecule has 0 fully saturated rings. The highest BCUT2D eigenvalue weighted by molar-refractivity contribution is 9.11. The Labute approximate surface area is 120 Å². The molecule has 3 nitrogen and oxygen atoms in total. The summed E-state index contributed by atoms with van der Waals surface area (Å²) >= 11 is 5.31. The number of halogens is 1. The maximum atomic E-state index is 4.37. The van der Waals surface area contributed by atoms with Gasteiger partial charge in [-0.1, -0.05) is 6.92 Å². The zero-order chi connectivity index (χ0) is 13.0. The monoisotopic (exact) mass is 327 g/mol. The molecule has 1 atom stereocenters. The van der Waals surface area contributed by atoms with Crippen LogP contribution < -0.4 is 5.32 Å². The highest BCUT2D eigenvalue weighted by atomic mass is 79.9. The average molecular weight is 328 g/mol. The van der Waals surface area contributed by atoms with Crippen molar-refractivity contribution in [3.63, 3.8) is 0 Å². The molecule has 0 aliphatic rings. The molecule has 1 unspecified atom stereocenters. The van der Waals surface area contributed by atoms with E-state index in [0.717, 1.165) is 19.5 Å². The minimum absolute atomic E-state index is 0.251. The van der Waals surface area contributed by atoms with E-state index in [4.69, 9.17) is 0 Å². The number of hydrogen-bond donors (Lipinski definition) is 1. The van der Waals surface area contributed by atoms with Crippen molar-refractivity contribution in [1.29, 1.82) is 0 Å². The van der Waals surface area contributed by atoms with Gasteiger partial charge < -0.3 is 5.32 Å². The summed E-state index contributed by atoms with van der Waals surface area (Å²) in [4.78, 5) is 1.32. The van der Waals surface area contributed by atoms with Gasteiger partial charge in [-0.05, 0) is 48.0 Å². The maximum absolute atomic E-state index is 4.37. The molecule has 2 heterocycles. The molecule has 0 aliphatic carbocycles. The fourth-order valence-corrected chi connectivity index (χ4v) is 3.38. The molecule has 0 saturated heterocycles. The van der Waals surface area contributed by atoms with Crippen LogP contribution in [-0.4, -0.2) is 16.3 Å². The van der Waals surface area contributed by atoms with E-state index < -0.39 is 0 Å². The molecule has 2 rings (SSSR count). The van der Waals surface area contributed by atoms with Crippen LogP contribution in [0.15, 0.2) is 28.3 Å². The van der Waals surface area contributed by atoms with Crippen LogP contribution in [0.3, 0.4) is 0 Å². The first kappa shape index (κ1) is 13.8. The highest BCUT2D eigenvalue weighted by Gasteiger charge is 2.16. The third kappa shape index (κ3) is 3.22. The predicted octanol–water partition coefficient (Wildman–Crippen LogP) is 3.82. The van der Waals surface area contributed by atoms with E-state index in [9.17, 15) is 0 Å². The van der Waals surface area contributed by atoms with Crippen molar-refractivity contribution in [3.05, 3.63) is 38.8 Å². The van der Waals surface area contributed by atoms with E-state index in [2.05, 4.69) is 58.5 Å². The third-order valence-corrected chi connectivity index (χ3v) is 4.48. The van der Waals surface area contributed by atoms with Gasteiger partial charge in [0.15, 0.2) is 0 Å². The van der Waals surface area contributed by atoms with Crippen molar-refractivity contribution in [2.45, 2.75) is 32.9 Å². The molecular formula is C13H18BrN3S. The van der Waals surface area contributed by atoms with Crippen LogP contribution in [0.1, 0.15) is 36.8 Å². The van der Waals surface area contributed by atoms with Gasteiger partial charge in [-0.3, -0.25) is 4.68 Å². The molecule has 0 saturated carbocycles. The van der Waals surface area contributed by atoms with Gasteiger partial charge in [-0.25, -0.2) is 0 Å². The fraction of sp³-hybridized carbons (Fsp3) is 0.462. The summed E-state index contributed by atoms with van der Waals surface area (Å²) in [7, 11) is 0. The quantitative estimate of drug-likeness (QED) is 0.874. The second-order valence-electron chi connectivity index (χ2n) is 4.16. The summed E-state index contributed by atoms with van der Waals surface area (Å²) < 4.78 is 3.14. The van der Waals surface area contributed by atoms with Crippen LogP contribution in [0.5, 0.6) is 0 Å². The van der Waals surface area contributed by atoms with Crippen molar-refractivity contribution in [1.82, 2.24) is 15.1 Å². The second-order valence-corrected chi connectivity index (χ2v) is 6.65. The maximum Gasteiger partial charge on any atom is 0.0702 e. The normalized spacial score (nSPS) is 12.8. The van der Waals surface area contributed by atoms with Gasteiger partial charge in [-0.15, -0.1) is 11.3 Å². The van der Waals surface area contributed by atoms with Gasteiger partial charge >= 0.3 is 0 Å². The number of hydrogen-bond acceptors (Lipinski definition) is 3. The minimum Gasteiger partial charge on any atom is -0.306 e. The Kier molecular flexibility index (Phi) is 4.97. The second kappa shape index (κ2) is 6.50. The first-order chi connectivity index (χ1) is 8.74. The Hall–Kier alpha value is -0.650. The number of aryl methyl sites for hydroxylation is 1. The lowest BCUT2D eigenvalue weighted by atomic mass is 10.1. The van der Waals surface area contributed by atoms with Crippen LogP contribution >= 0.6 is 27.3 Å². The van der Waals surface area contributed by atoms with Gasteiger partial charge in [0.1, 0.15) is 0 Å². The Bertz CT molecular complexity index is 492. The molecule has 98 valence electrons. The lowest BCUT2D eigenvalue weighted by Gasteiger charge is -2.15. The van der Waals surface area contributed by atoms with E-state index in [1.54, 1.807) is 11.3 Å². The molecule has 5 heteroatoms. The molecule has 0 bridgehead atoms. The Balaban J connectivity index is 2.24. The van der Waals surface area contributed by atoms with Crippen LogP contribution in [0.25, 0.3) is 0 Å². The summed E-state index contributed by atoms with van der Waals surface area (Å²) in [6.45, 7) is 6.21. The smallest absolute Gasteiger partial charge is 0.0702 e. The molecule has 0 radical (unpaired) electrons. The number of nitrogens with one attached hydrogen (secondary N) is 1. The molecule has 1 N–H and O–H groups in total. The Morgan fingerprint density at radius 3 is 2.83 bits per heavy atom. The average Bonchev–Trinajstić information content (AvgIpc) is 2.99. The van der Waals surface area contributed by atoms with Crippen molar-refractivity contribution >= 4 is 27.3 Å². The molecule has 0 spiro atoms. The van der Waals surface area contributed by atoms with E-state index in [1.165, 1.54) is 14.2 Å². The minimum atomic E-state index is 0.251. The van der Waals surface area contributed by atoms with Gasteiger partial charge in [0.05, 0.1) is 16.0 Å². The molecule has 0 aromatic carbocycles. The summed E-state index contributed by atoms with van der Waals surface area (Å²) in [5.41, 5.74) is 1.24. The topological polar surface area (TPSA) is 29.9 Å². The number of aromatic nitrogens is 2. The number of rotatable bonds is 6. The van der Waals surface area contributed by atoms with Crippen molar-refractivity contribution < 1.29 is 0 Å². The third-order valence-electron chi connectivity index (χ3n) is 2.79. The van der Waals surface area contributed by atoms with Crippen molar-refractivity contribution in [3.8, 4) is 0 Å². The molecule has 18 heavy (non-hydrogen) atoms. The Morgan fingerprint density at radius 2 is 2.28 bits per heavy atom. The molecule has 0 aliphatic heterocycles. The first-order valence-electron chi connectivity index (χ1n) is 6.25. The summed E-state index contributed by atoms with van der Waals surface area (Å²) in [6, 6.07) is 4.53. The van der Waals surface area contributed by atoms with Gasteiger partial charge in [0.25, 0.3) is 0 Å². The number of thiophene rings is 1. The van der Waals surface area contributed by atoms with E-state index >= 15 is 0 Å². The molecule has 2 aromatic rings. The van der Waals surface area contributed by atoms with E-state index in [0.29, 0.717) is 0 Å². The van der Waals surface area contributed by atoms with E-state index in [-0.39, 0.29) is 6.04 Å². The van der Waals surface area contributed by atoms with Crippen LogP contribution in [0.4, 0.5) is 0 Å². The zero-order valence-electron chi connectivity index (χ0n) is 10.7. The van der Waals surface area contributed by atoms with E-state index in [1.807, 2.05) is 10.9 Å². The zero-order valence-corrected chi connectivity index (χ0v) is 13.1. The summed E-state index contributed by atoms with van der Waals surface area (Å²) in [5, 5.41) is 7.95. The lowest BCUT2D eigenvalue weighted by molar-refractivity contribution is 0.603. The van der Waals surface area contributed by atoms with Crippen LogP contribution in [0, 0.1) is 0 Å². The molecule has 0 amide bonds. The first-order valence-corrected chi connectivity index (χ1v) is 7.86. The van der Waals surface area contributed by atoms with Gasteiger partial charge in [0, 0.05) is 23.2 Å². The van der Waals surface area contributed by atoms with Crippen LogP contribution in [0.2, 0.25) is 0 Å². The Morgan fingerprint density at radius 1 is 1.44 bits per heavy atom. The van der Waals surface area contributed by atoms with Crippen molar-refractivity contribution in [2.24, 2.45) is 0 Å². The van der Waals surface area contributed by atoms with Gasteiger partial charge in [-0.2, -0.15) is 5.10 Å². The summed E-state index contributed by atoms with van der Waals surface area (Å²) in [5.74, 6) is 0. The summed E-state index contributed by atoms with van der Waals surface area (Å²) in [6.07, 6.45) is 5.22. The number of nitrogens with zero attached hydrogens (tertiary/aromatic N) is 2. The van der Waals surface area contributed by atoms with Crippen molar-refractivity contribution in [2.75, 3.05) is 6.54 Å². The largest absolute Gasteiger partial charge is 0.306 e. The van der Waals surface area contributed by atoms with Crippen LogP contribution in [-0.2, 0) is 6.54 Å². The lowest BCUT2D eigenvalue weighted by Crippen LogP contribution is -2.22. The predicted molar refractivity (Wildman–Crippen MR) is 80.1 cm³/mol. The fourth-order valence-electron chi connectivity index (χ4n) is 1.86. The standard InChI is InChI=1S/C13H18BrN3S/c1-3-7-15-13(11-5-6-12(14)18-11)10-8-16-17(4-2)9-10/h5-6,8-9,13,15H,3-4,7H2,1-2H3.